The number of nitrogens with two attached hydrogens (primary N) is 2. The van der Waals surface area contributed by atoms with Gasteiger partial charge in [-0.2, -0.15) is 0 Å². The summed E-state index contributed by atoms with van der Waals surface area (Å²) in [5.41, 5.74) is 8.42. The van der Waals surface area contributed by atoms with E-state index >= 15 is 0 Å². The molecule has 0 bridgehead atoms. The number of rotatable bonds is 5. The summed E-state index contributed by atoms with van der Waals surface area (Å²) in [5.74, 6) is 10.4. The maximum Gasteiger partial charge on any atom is 0.357 e. The fraction of sp³-hybridized carbons (Fsp3) is 0.0588. The van der Waals surface area contributed by atoms with Gasteiger partial charge in [0.15, 0.2) is 5.70 Å². The Kier molecular flexibility index (Phi) is 5.81. The lowest BCUT2D eigenvalue weighted by Gasteiger charge is -2.10. The fourth-order valence-electron chi connectivity index (χ4n) is 1.70. The molecule has 8 nitrogen and oxygen atoms in total. The zero-order chi connectivity index (χ0) is 18.2. The number of hydrogen-bond donors (Lipinski definition) is 4. The summed E-state index contributed by atoms with van der Waals surface area (Å²) in [5, 5.41) is 8.83. The van der Waals surface area contributed by atoms with Crippen molar-refractivity contribution in [2.45, 2.75) is 0 Å². The van der Waals surface area contributed by atoms with Crippen LogP contribution in [0.1, 0.15) is 11.1 Å². The average molecular weight is 340 g/mol. The van der Waals surface area contributed by atoms with Crippen molar-refractivity contribution in [2.75, 3.05) is 7.11 Å². The zero-order valence-corrected chi connectivity index (χ0v) is 13.3. The third kappa shape index (κ3) is 4.89. The average Bonchev–Trinajstić information content (AvgIpc) is 2.65. The summed E-state index contributed by atoms with van der Waals surface area (Å²) < 4.78 is 10.3. The van der Waals surface area contributed by atoms with E-state index in [-0.39, 0.29) is 5.88 Å². The number of methoxy groups -OCH3 is 1. The number of nitrogens with zero attached hydrogens (tertiary/aromatic N) is 1. The molecule has 0 aliphatic rings. The third-order valence-corrected chi connectivity index (χ3v) is 2.98. The summed E-state index contributed by atoms with van der Waals surface area (Å²) in [6.07, 6.45) is 1.61. The Bertz CT molecular complexity index is 834. The standard InChI is InChI=1S/C17H16N4O4/c1-24-14-9-6-12(10-20-14)3-2-11-4-7-13(8-5-11)25-16(21-19)15(18)17(22)23/h4-10,21H,18-19H2,1H3,(H,22,23)/b16-15+. The smallest absolute Gasteiger partial charge is 0.357 e. The first kappa shape index (κ1) is 17.7. The molecule has 25 heavy (non-hydrogen) atoms. The first-order valence-electron chi connectivity index (χ1n) is 7.03. The molecule has 1 heterocycles. The first-order valence-corrected chi connectivity index (χ1v) is 7.03. The van der Waals surface area contributed by atoms with E-state index in [2.05, 4.69) is 22.3 Å². The van der Waals surface area contributed by atoms with Gasteiger partial charge in [-0.15, -0.1) is 0 Å². The van der Waals surface area contributed by atoms with Crippen LogP contribution in [0.2, 0.25) is 0 Å². The number of pyridine rings is 1. The number of hydrogen-bond acceptors (Lipinski definition) is 7. The largest absolute Gasteiger partial charge is 0.481 e. The van der Waals surface area contributed by atoms with Gasteiger partial charge in [-0.05, 0) is 30.3 Å². The van der Waals surface area contributed by atoms with Crippen molar-refractivity contribution in [3.8, 4) is 23.5 Å². The van der Waals surface area contributed by atoms with Crippen LogP contribution in [-0.4, -0.2) is 23.2 Å². The molecule has 1 aromatic carbocycles. The van der Waals surface area contributed by atoms with E-state index in [1.54, 1.807) is 49.7 Å². The Morgan fingerprint density at radius 3 is 2.32 bits per heavy atom. The number of ether oxygens (including phenoxy) is 2. The van der Waals surface area contributed by atoms with E-state index in [1.165, 1.54) is 0 Å². The minimum Gasteiger partial charge on any atom is -0.481 e. The molecule has 0 radical (unpaired) electrons. The Morgan fingerprint density at radius 1 is 1.16 bits per heavy atom. The second-order valence-electron chi connectivity index (χ2n) is 4.66. The molecular weight excluding hydrogens is 324 g/mol. The summed E-state index contributed by atoms with van der Waals surface area (Å²) in [6.45, 7) is 0. The molecule has 0 saturated carbocycles. The van der Waals surface area contributed by atoms with Crippen molar-refractivity contribution in [1.82, 2.24) is 10.4 Å². The number of aromatic nitrogens is 1. The number of aliphatic carboxylic acids is 1. The van der Waals surface area contributed by atoms with E-state index in [4.69, 9.17) is 26.2 Å². The van der Waals surface area contributed by atoms with Gasteiger partial charge >= 0.3 is 5.97 Å². The zero-order valence-electron chi connectivity index (χ0n) is 13.3. The molecular formula is C17H16N4O4. The van der Waals surface area contributed by atoms with Crippen molar-refractivity contribution < 1.29 is 19.4 Å². The van der Waals surface area contributed by atoms with Crippen LogP contribution in [0.25, 0.3) is 0 Å². The third-order valence-electron chi connectivity index (χ3n) is 2.98. The van der Waals surface area contributed by atoms with Crippen LogP contribution in [-0.2, 0) is 4.79 Å². The van der Waals surface area contributed by atoms with Crippen LogP contribution >= 0.6 is 0 Å². The molecule has 2 aromatic rings. The molecule has 0 saturated heterocycles. The Hall–Kier alpha value is -3.70. The van der Waals surface area contributed by atoms with Crippen molar-refractivity contribution in [3.05, 3.63) is 65.3 Å². The number of hydrazine groups is 1. The highest BCUT2D eigenvalue weighted by atomic mass is 16.5. The minimum atomic E-state index is -1.34. The molecule has 2 rings (SSSR count). The summed E-state index contributed by atoms with van der Waals surface area (Å²) >= 11 is 0. The highest BCUT2D eigenvalue weighted by Gasteiger charge is 2.11. The van der Waals surface area contributed by atoms with Gasteiger partial charge in [-0.1, -0.05) is 11.8 Å². The topological polar surface area (TPSA) is 133 Å². The van der Waals surface area contributed by atoms with Gasteiger partial charge in [-0.3, -0.25) is 5.43 Å². The number of nitrogens with one attached hydrogen (secondary N) is 1. The maximum atomic E-state index is 10.8. The fourth-order valence-corrected chi connectivity index (χ4v) is 1.70. The Labute approximate surface area is 144 Å². The van der Waals surface area contributed by atoms with Crippen LogP contribution in [0.5, 0.6) is 11.6 Å². The van der Waals surface area contributed by atoms with Gasteiger partial charge in [0.2, 0.25) is 11.8 Å². The van der Waals surface area contributed by atoms with Crippen molar-refractivity contribution in [1.29, 1.82) is 0 Å². The molecule has 0 spiro atoms. The van der Waals surface area contributed by atoms with Crippen molar-refractivity contribution >= 4 is 5.97 Å². The number of carboxylic acid groups (broad SMARTS) is 1. The lowest BCUT2D eigenvalue weighted by Crippen LogP contribution is -2.31. The second-order valence-corrected chi connectivity index (χ2v) is 4.66. The van der Waals surface area contributed by atoms with E-state index in [1.807, 2.05) is 0 Å². The molecule has 0 aliphatic carbocycles. The molecule has 128 valence electrons. The van der Waals surface area contributed by atoms with Crippen LogP contribution in [0.3, 0.4) is 0 Å². The highest BCUT2D eigenvalue weighted by molar-refractivity contribution is 5.85. The SMILES string of the molecule is COc1ccc(C#Cc2ccc(O/C(NN)=C(/N)C(=O)O)cc2)cn1. The molecule has 0 unspecified atom stereocenters. The van der Waals surface area contributed by atoms with E-state index in [0.717, 1.165) is 11.1 Å². The van der Waals surface area contributed by atoms with Crippen LogP contribution in [0.15, 0.2) is 54.2 Å². The molecule has 0 amide bonds. The predicted octanol–water partition coefficient (Wildman–Crippen LogP) is 0.544. The van der Waals surface area contributed by atoms with E-state index < -0.39 is 11.7 Å². The lowest BCUT2D eigenvalue weighted by molar-refractivity contribution is -0.132. The van der Waals surface area contributed by atoms with Crippen LogP contribution < -0.4 is 26.5 Å². The van der Waals surface area contributed by atoms with Gasteiger partial charge in [0.05, 0.1) is 7.11 Å². The summed E-state index contributed by atoms with van der Waals surface area (Å²) in [6, 6.07) is 10.2. The molecule has 0 fully saturated rings. The lowest BCUT2D eigenvalue weighted by atomic mass is 10.2. The van der Waals surface area contributed by atoms with Gasteiger partial charge in [0.1, 0.15) is 5.75 Å². The van der Waals surface area contributed by atoms with Gasteiger partial charge in [0.25, 0.3) is 0 Å². The molecule has 8 heteroatoms. The minimum absolute atomic E-state index is 0.254. The Morgan fingerprint density at radius 2 is 1.80 bits per heavy atom. The van der Waals surface area contributed by atoms with Crippen molar-refractivity contribution in [3.63, 3.8) is 0 Å². The first-order chi connectivity index (χ1) is 12.0. The van der Waals surface area contributed by atoms with Gasteiger partial charge < -0.3 is 20.3 Å². The quantitative estimate of drug-likeness (QED) is 0.204. The van der Waals surface area contributed by atoms with E-state index in [0.29, 0.717) is 11.6 Å². The summed E-state index contributed by atoms with van der Waals surface area (Å²) in [4.78, 5) is 14.9. The number of carbonyl (C=O) groups is 1. The summed E-state index contributed by atoms with van der Waals surface area (Å²) in [7, 11) is 1.54. The predicted molar refractivity (Wildman–Crippen MR) is 90.0 cm³/mol. The van der Waals surface area contributed by atoms with Crippen molar-refractivity contribution in [2.24, 2.45) is 11.6 Å². The van der Waals surface area contributed by atoms with Crippen LogP contribution in [0, 0.1) is 11.8 Å². The normalized spacial score (nSPS) is 10.8. The second kappa shape index (κ2) is 8.24. The molecule has 0 aliphatic heterocycles. The molecule has 0 atom stereocenters. The Balaban J connectivity index is 2.11. The van der Waals surface area contributed by atoms with E-state index in [9.17, 15) is 4.79 Å². The number of benzene rings is 1. The molecule has 6 N–H and O–H groups in total. The highest BCUT2D eigenvalue weighted by Crippen LogP contribution is 2.15. The number of carboxylic acids is 1. The van der Waals surface area contributed by atoms with Gasteiger partial charge in [-0.25, -0.2) is 15.6 Å². The van der Waals surface area contributed by atoms with Crippen LogP contribution in [0.4, 0.5) is 0 Å². The monoisotopic (exact) mass is 340 g/mol. The molecule has 1 aromatic heterocycles. The van der Waals surface area contributed by atoms with Gasteiger partial charge in [0, 0.05) is 23.4 Å². The maximum absolute atomic E-state index is 10.8.